The summed E-state index contributed by atoms with van der Waals surface area (Å²) in [5.41, 5.74) is 0. The summed E-state index contributed by atoms with van der Waals surface area (Å²) in [5, 5.41) is 3.34. The van der Waals surface area contributed by atoms with Gasteiger partial charge in [-0.25, -0.2) is 0 Å². The monoisotopic (exact) mass is 238 g/mol. The second kappa shape index (κ2) is 5.85. The molecule has 17 heavy (non-hydrogen) atoms. The van der Waals surface area contributed by atoms with Crippen molar-refractivity contribution in [3.8, 4) is 0 Å². The first kappa shape index (κ1) is 12.9. The van der Waals surface area contributed by atoms with Crippen LogP contribution in [0.15, 0.2) is 0 Å². The molecule has 2 fully saturated rings. The molecule has 1 aliphatic heterocycles. The van der Waals surface area contributed by atoms with E-state index in [0.29, 0.717) is 18.5 Å². The van der Waals surface area contributed by atoms with Crippen LogP contribution >= 0.6 is 0 Å². The molecule has 1 aliphatic carbocycles. The molecule has 2 rings (SSSR count). The van der Waals surface area contributed by atoms with Gasteiger partial charge in [0.15, 0.2) is 0 Å². The van der Waals surface area contributed by atoms with E-state index in [0.717, 1.165) is 18.8 Å². The Morgan fingerprint density at radius 3 is 2.59 bits per heavy atom. The molecule has 2 unspecified atom stereocenters. The number of carbonyl (C=O) groups excluding carboxylic acids is 1. The van der Waals surface area contributed by atoms with Gasteiger partial charge < -0.3 is 4.90 Å². The lowest BCUT2D eigenvalue weighted by Crippen LogP contribution is -2.48. The fourth-order valence-electron chi connectivity index (χ4n) is 3.60. The first-order valence-electron chi connectivity index (χ1n) is 7.32. The van der Waals surface area contributed by atoms with Crippen molar-refractivity contribution in [2.45, 2.75) is 71.0 Å². The Bertz CT molecular complexity index is 261. The Balaban J connectivity index is 2.07. The zero-order valence-corrected chi connectivity index (χ0v) is 11.2. The molecule has 2 atom stereocenters. The lowest BCUT2D eigenvalue weighted by atomic mass is 9.82. The van der Waals surface area contributed by atoms with E-state index < -0.39 is 0 Å². The van der Waals surface area contributed by atoms with Gasteiger partial charge in [0.2, 0.25) is 5.91 Å². The highest BCUT2D eigenvalue weighted by Gasteiger charge is 2.37. The van der Waals surface area contributed by atoms with Gasteiger partial charge in [-0.15, -0.1) is 0 Å². The van der Waals surface area contributed by atoms with E-state index >= 15 is 0 Å². The van der Waals surface area contributed by atoms with E-state index in [1.165, 1.54) is 32.1 Å². The highest BCUT2D eigenvalue weighted by molar-refractivity contribution is 5.81. The van der Waals surface area contributed by atoms with Gasteiger partial charge in [-0.3, -0.25) is 10.1 Å². The summed E-state index contributed by atoms with van der Waals surface area (Å²) in [6.45, 7) is 4.94. The zero-order chi connectivity index (χ0) is 12.3. The molecule has 3 heteroatoms. The maximum Gasteiger partial charge on any atom is 0.238 e. The molecule has 1 heterocycles. The molecular formula is C14H26N2O. The maximum absolute atomic E-state index is 12.1. The van der Waals surface area contributed by atoms with Crippen molar-refractivity contribution in [3.05, 3.63) is 0 Å². The summed E-state index contributed by atoms with van der Waals surface area (Å²) >= 11 is 0. The first-order chi connectivity index (χ1) is 8.27. The van der Waals surface area contributed by atoms with Gasteiger partial charge in [-0.05, 0) is 31.6 Å². The SMILES string of the molecule is CCC1NCC(=O)N1C(CC)C1CCCCC1. The normalized spacial score (nSPS) is 28.7. The third-order valence-electron chi connectivity index (χ3n) is 4.47. The van der Waals surface area contributed by atoms with Crippen LogP contribution in [-0.2, 0) is 4.79 Å². The molecule has 0 radical (unpaired) electrons. The Morgan fingerprint density at radius 1 is 1.29 bits per heavy atom. The lowest BCUT2D eigenvalue weighted by molar-refractivity contribution is -0.132. The molecular weight excluding hydrogens is 212 g/mol. The molecule has 1 saturated heterocycles. The average Bonchev–Trinajstić information content (AvgIpc) is 2.74. The van der Waals surface area contributed by atoms with Crippen molar-refractivity contribution in [3.63, 3.8) is 0 Å². The minimum absolute atomic E-state index is 0.286. The van der Waals surface area contributed by atoms with Crippen molar-refractivity contribution in [2.24, 2.45) is 5.92 Å². The molecule has 1 amide bonds. The maximum atomic E-state index is 12.1. The summed E-state index contributed by atoms with van der Waals surface area (Å²) < 4.78 is 0. The van der Waals surface area contributed by atoms with E-state index in [4.69, 9.17) is 0 Å². The third kappa shape index (κ3) is 2.65. The van der Waals surface area contributed by atoms with Crippen molar-refractivity contribution < 1.29 is 4.79 Å². The number of hydrogen-bond donors (Lipinski definition) is 1. The highest BCUT2D eigenvalue weighted by Crippen LogP contribution is 2.32. The van der Waals surface area contributed by atoms with Gasteiger partial charge in [0.25, 0.3) is 0 Å². The molecule has 0 bridgehead atoms. The lowest BCUT2D eigenvalue weighted by Gasteiger charge is -2.39. The van der Waals surface area contributed by atoms with Gasteiger partial charge in [0.1, 0.15) is 0 Å². The van der Waals surface area contributed by atoms with Crippen LogP contribution in [-0.4, -0.2) is 29.6 Å². The molecule has 0 aromatic carbocycles. The fraction of sp³-hybridized carbons (Fsp3) is 0.929. The van der Waals surface area contributed by atoms with Gasteiger partial charge in [-0.1, -0.05) is 33.1 Å². The second-order valence-corrected chi connectivity index (χ2v) is 5.48. The van der Waals surface area contributed by atoms with Crippen LogP contribution in [0.3, 0.4) is 0 Å². The molecule has 98 valence electrons. The quantitative estimate of drug-likeness (QED) is 0.816. The number of rotatable bonds is 4. The number of carbonyl (C=O) groups is 1. The summed E-state index contributed by atoms with van der Waals surface area (Å²) in [5.74, 6) is 1.06. The highest BCUT2D eigenvalue weighted by atomic mass is 16.2. The predicted molar refractivity (Wildman–Crippen MR) is 69.6 cm³/mol. The van der Waals surface area contributed by atoms with Crippen LogP contribution in [0.25, 0.3) is 0 Å². The van der Waals surface area contributed by atoms with Crippen LogP contribution in [0.1, 0.15) is 58.8 Å². The van der Waals surface area contributed by atoms with Crippen molar-refractivity contribution in [2.75, 3.05) is 6.54 Å². The van der Waals surface area contributed by atoms with Crippen LogP contribution in [0.5, 0.6) is 0 Å². The first-order valence-corrected chi connectivity index (χ1v) is 7.32. The van der Waals surface area contributed by atoms with Gasteiger partial charge in [0.05, 0.1) is 12.7 Å². The molecule has 0 spiro atoms. The molecule has 1 saturated carbocycles. The Hall–Kier alpha value is -0.570. The van der Waals surface area contributed by atoms with E-state index in [2.05, 4.69) is 24.1 Å². The number of nitrogens with one attached hydrogen (secondary N) is 1. The average molecular weight is 238 g/mol. The summed E-state index contributed by atoms with van der Waals surface area (Å²) in [6, 6.07) is 0.475. The van der Waals surface area contributed by atoms with Crippen molar-refractivity contribution >= 4 is 5.91 Å². The topological polar surface area (TPSA) is 32.3 Å². The van der Waals surface area contributed by atoms with Gasteiger partial charge >= 0.3 is 0 Å². The largest absolute Gasteiger partial charge is 0.323 e. The summed E-state index contributed by atoms with van der Waals surface area (Å²) in [4.78, 5) is 14.2. The third-order valence-corrected chi connectivity index (χ3v) is 4.47. The van der Waals surface area contributed by atoms with Crippen molar-refractivity contribution in [1.82, 2.24) is 10.2 Å². The Morgan fingerprint density at radius 2 is 2.00 bits per heavy atom. The van der Waals surface area contributed by atoms with Crippen LogP contribution < -0.4 is 5.32 Å². The minimum atomic E-state index is 0.286. The standard InChI is InChI=1S/C14H26N2O/c1-3-12(11-8-6-5-7-9-11)16-13(4-2)15-10-14(16)17/h11-13,15H,3-10H2,1-2H3. The van der Waals surface area contributed by atoms with E-state index in [1.54, 1.807) is 0 Å². The molecule has 0 aromatic rings. The molecule has 0 aromatic heterocycles. The van der Waals surface area contributed by atoms with Crippen LogP contribution in [0, 0.1) is 5.92 Å². The Labute approximate surface area is 105 Å². The predicted octanol–water partition coefficient (Wildman–Crippen LogP) is 2.51. The number of hydrogen-bond acceptors (Lipinski definition) is 2. The van der Waals surface area contributed by atoms with Gasteiger partial charge in [-0.2, -0.15) is 0 Å². The van der Waals surface area contributed by atoms with Crippen LogP contribution in [0.4, 0.5) is 0 Å². The number of nitrogens with zero attached hydrogens (tertiary/aromatic N) is 1. The smallest absolute Gasteiger partial charge is 0.238 e. The van der Waals surface area contributed by atoms with E-state index in [1.807, 2.05) is 0 Å². The summed E-state index contributed by atoms with van der Waals surface area (Å²) in [7, 11) is 0. The van der Waals surface area contributed by atoms with Crippen LogP contribution in [0.2, 0.25) is 0 Å². The molecule has 3 nitrogen and oxygen atoms in total. The minimum Gasteiger partial charge on any atom is -0.323 e. The van der Waals surface area contributed by atoms with Crippen molar-refractivity contribution in [1.29, 1.82) is 0 Å². The van der Waals surface area contributed by atoms with Gasteiger partial charge in [0, 0.05) is 6.04 Å². The Kier molecular flexibility index (Phi) is 4.43. The fourth-order valence-corrected chi connectivity index (χ4v) is 3.60. The molecule has 2 aliphatic rings. The zero-order valence-electron chi connectivity index (χ0n) is 11.2. The number of amides is 1. The van der Waals surface area contributed by atoms with E-state index in [-0.39, 0.29) is 6.17 Å². The van der Waals surface area contributed by atoms with E-state index in [9.17, 15) is 4.79 Å². The summed E-state index contributed by atoms with van der Waals surface area (Å²) in [6.07, 6.45) is 9.15. The second-order valence-electron chi connectivity index (χ2n) is 5.48. The molecule has 1 N–H and O–H groups in total.